The van der Waals surface area contributed by atoms with Crippen LogP contribution in [0.25, 0.3) is 5.53 Å². The van der Waals surface area contributed by atoms with Crippen molar-refractivity contribution < 1.29 is 14.4 Å². The summed E-state index contributed by atoms with van der Waals surface area (Å²) in [6, 6.07) is 8.14. The number of rotatable bonds is 3. The van der Waals surface area contributed by atoms with Crippen LogP contribution in [0.4, 0.5) is 0 Å². The van der Waals surface area contributed by atoms with Crippen LogP contribution in [-0.4, -0.2) is 22.6 Å². The van der Waals surface area contributed by atoms with Gasteiger partial charge in [-0.2, -0.15) is 4.79 Å². The highest BCUT2D eigenvalue weighted by molar-refractivity contribution is 6.61. The predicted molar refractivity (Wildman–Crippen MR) is 45.5 cm³/mol. The van der Waals surface area contributed by atoms with Gasteiger partial charge in [0.1, 0.15) is 0 Å². The molecule has 1 aromatic rings. The highest BCUT2D eigenvalue weighted by atomic mass is 16.1. The van der Waals surface area contributed by atoms with E-state index in [1.165, 1.54) is 12.1 Å². The molecule has 0 aliphatic heterocycles. The van der Waals surface area contributed by atoms with Gasteiger partial charge in [0, 0.05) is 5.56 Å². The molecule has 4 nitrogen and oxygen atoms in total. The van der Waals surface area contributed by atoms with Crippen molar-refractivity contribution in [1.29, 1.82) is 0 Å². The van der Waals surface area contributed by atoms with Crippen LogP contribution in [0.2, 0.25) is 0 Å². The van der Waals surface area contributed by atoms with Crippen LogP contribution in [0.15, 0.2) is 30.3 Å². The Hall–Kier alpha value is -2.06. The van der Waals surface area contributed by atoms with Crippen molar-refractivity contribution >= 4 is 17.8 Å². The van der Waals surface area contributed by atoms with E-state index in [0.717, 1.165) is 0 Å². The Morgan fingerprint density at radius 1 is 1.31 bits per heavy atom. The molecule has 0 heterocycles. The van der Waals surface area contributed by atoms with Gasteiger partial charge in [0.2, 0.25) is 6.29 Å². The van der Waals surface area contributed by atoms with E-state index in [9.17, 15) is 9.59 Å². The van der Waals surface area contributed by atoms with Gasteiger partial charge in [-0.3, -0.25) is 9.59 Å². The predicted octanol–water partition coefficient (Wildman–Crippen LogP) is 0.739. The molecule has 0 spiro atoms. The van der Waals surface area contributed by atoms with Crippen molar-refractivity contribution in [3.05, 3.63) is 41.4 Å². The number of benzene rings is 1. The van der Waals surface area contributed by atoms with E-state index in [4.69, 9.17) is 5.53 Å². The SMILES string of the molecule is [N-]=[N+]=C(C=O)C(=O)c1ccccc1. The van der Waals surface area contributed by atoms with E-state index in [0.29, 0.717) is 5.56 Å². The van der Waals surface area contributed by atoms with Gasteiger partial charge in [-0.1, -0.05) is 30.3 Å². The Morgan fingerprint density at radius 3 is 2.38 bits per heavy atom. The first-order chi connectivity index (χ1) is 6.29. The van der Waals surface area contributed by atoms with Crippen LogP contribution in [-0.2, 0) is 4.79 Å². The number of carbonyl (C=O) groups excluding carboxylic acids is 2. The second kappa shape index (κ2) is 4.09. The van der Waals surface area contributed by atoms with E-state index in [2.05, 4.69) is 4.79 Å². The molecule has 0 saturated heterocycles. The molecule has 0 N–H and O–H groups in total. The number of Topliss-reactive ketones (excluding diaryl/α,β-unsaturated/α-hetero) is 1. The summed E-state index contributed by atoms with van der Waals surface area (Å²) >= 11 is 0. The van der Waals surface area contributed by atoms with Gasteiger partial charge in [-0.05, 0) is 0 Å². The Balaban J connectivity index is 3.05. The summed E-state index contributed by atoms with van der Waals surface area (Å²) in [5.74, 6) is -0.585. The first-order valence-electron chi connectivity index (χ1n) is 3.56. The fourth-order valence-corrected chi connectivity index (χ4v) is 0.860. The van der Waals surface area contributed by atoms with Gasteiger partial charge >= 0.3 is 5.71 Å². The molecule has 0 unspecified atom stereocenters. The Kier molecular flexibility index (Phi) is 2.84. The van der Waals surface area contributed by atoms with Gasteiger partial charge in [0.15, 0.2) is 0 Å². The zero-order chi connectivity index (χ0) is 9.68. The van der Waals surface area contributed by atoms with E-state index >= 15 is 0 Å². The van der Waals surface area contributed by atoms with Gasteiger partial charge in [-0.25, -0.2) is 0 Å². The standard InChI is InChI=1S/C9H6N2O2/c10-11-8(6-12)9(13)7-4-2-1-3-5-7/h1-6H. The molecule has 13 heavy (non-hydrogen) atoms. The number of nitrogens with zero attached hydrogens (tertiary/aromatic N) is 2. The summed E-state index contributed by atoms with van der Waals surface area (Å²) in [5, 5.41) is 0. The van der Waals surface area contributed by atoms with E-state index in [-0.39, 0.29) is 6.29 Å². The minimum Gasteiger partial charge on any atom is -0.360 e. The zero-order valence-corrected chi connectivity index (χ0v) is 6.68. The molecule has 0 fully saturated rings. The maximum absolute atomic E-state index is 11.3. The molecule has 0 amide bonds. The number of hydrogen-bond acceptors (Lipinski definition) is 2. The summed E-state index contributed by atoms with van der Waals surface area (Å²) in [5.41, 5.74) is 8.12. The maximum Gasteiger partial charge on any atom is 0.401 e. The smallest absolute Gasteiger partial charge is 0.360 e. The van der Waals surface area contributed by atoms with Crippen LogP contribution in [0.5, 0.6) is 0 Å². The minimum atomic E-state index is -0.585. The second-order valence-corrected chi connectivity index (χ2v) is 2.30. The van der Waals surface area contributed by atoms with Gasteiger partial charge in [0.25, 0.3) is 5.78 Å². The topological polar surface area (TPSA) is 70.5 Å². The van der Waals surface area contributed by atoms with Crippen molar-refractivity contribution in [3.8, 4) is 0 Å². The van der Waals surface area contributed by atoms with Crippen molar-refractivity contribution in [3.63, 3.8) is 0 Å². The number of aldehydes is 1. The molecule has 0 aliphatic carbocycles. The summed E-state index contributed by atoms with van der Waals surface area (Å²) in [4.78, 5) is 24.1. The van der Waals surface area contributed by atoms with Crippen molar-refractivity contribution in [2.24, 2.45) is 0 Å². The molecular weight excluding hydrogens is 168 g/mol. The molecule has 1 rings (SSSR count). The third kappa shape index (κ3) is 1.95. The third-order valence-corrected chi connectivity index (χ3v) is 1.49. The molecule has 0 aliphatic rings. The summed E-state index contributed by atoms with van der Waals surface area (Å²) < 4.78 is 0. The summed E-state index contributed by atoms with van der Waals surface area (Å²) in [6.07, 6.45) is 0.218. The molecule has 0 aromatic heterocycles. The minimum absolute atomic E-state index is 0.218. The van der Waals surface area contributed by atoms with Gasteiger partial charge < -0.3 is 5.53 Å². The van der Waals surface area contributed by atoms with Gasteiger partial charge in [0.05, 0.1) is 0 Å². The van der Waals surface area contributed by atoms with E-state index in [1.54, 1.807) is 18.2 Å². The second-order valence-electron chi connectivity index (χ2n) is 2.30. The Bertz CT molecular complexity index is 378. The number of hydrogen-bond donors (Lipinski definition) is 0. The van der Waals surface area contributed by atoms with Crippen molar-refractivity contribution in [1.82, 2.24) is 0 Å². The van der Waals surface area contributed by atoms with Crippen molar-refractivity contribution in [2.75, 3.05) is 0 Å². The lowest BCUT2D eigenvalue weighted by molar-refractivity contribution is -0.106. The average Bonchev–Trinajstić information content (AvgIpc) is 2.21. The quantitative estimate of drug-likeness (QED) is 0.169. The molecule has 0 bridgehead atoms. The zero-order valence-electron chi connectivity index (χ0n) is 6.68. The van der Waals surface area contributed by atoms with Crippen LogP contribution >= 0.6 is 0 Å². The lowest BCUT2D eigenvalue weighted by atomic mass is 10.1. The van der Waals surface area contributed by atoms with Crippen molar-refractivity contribution in [2.45, 2.75) is 0 Å². The summed E-state index contributed by atoms with van der Waals surface area (Å²) in [6.45, 7) is 0. The molecule has 0 atom stereocenters. The molecule has 0 saturated carbocycles. The monoisotopic (exact) mass is 174 g/mol. The summed E-state index contributed by atoms with van der Waals surface area (Å²) in [7, 11) is 0. The highest BCUT2D eigenvalue weighted by Gasteiger charge is 2.20. The fourth-order valence-electron chi connectivity index (χ4n) is 0.860. The number of carbonyl (C=O) groups is 2. The lowest BCUT2D eigenvalue weighted by Crippen LogP contribution is -2.16. The molecular formula is C9H6N2O2. The fraction of sp³-hybridized carbons (Fsp3) is 0. The van der Waals surface area contributed by atoms with Gasteiger partial charge in [-0.15, -0.1) is 0 Å². The van der Waals surface area contributed by atoms with Crippen LogP contribution in [0.3, 0.4) is 0 Å². The van der Waals surface area contributed by atoms with Crippen LogP contribution in [0.1, 0.15) is 10.4 Å². The first kappa shape index (κ1) is 9.03. The average molecular weight is 174 g/mol. The normalized spacial score (nSPS) is 8.62. The Labute approximate surface area is 74.4 Å². The Morgan fingerprint density at radius 2 is 1.92 bits per heavy atom. The highest BCUT2D eigenvalue weighted by Crippen LogP contribution is 1.99. The van der Waals surface area contributed by atoms with Crippen LogP contribution in [0, 0.1) is 0 Å². The first-order valence-corrected chi connectivity index (χ1v) is 3.56. The largest absolute Gasteiger partial charge is 0.401 e. The van der Waals surface area contributed by atoms with E-state index < -0.39 is 11.5 Å². The maximum atomic E-state index is 11.3. The molecule has 64 valence electrons. The molecule has 1 aromatic carbocycles. The molecule has 0 radical (unpaired) electrons. The number of ketones is 1. The molecule has 4 heteroatoms. The van der Waals surface area contributed by atoms with E-state index in [1.807, 2.05) is 0 Å². The van der Waals surface area contributed by atoms with Crippen LogP contribution < -0.4 is 0 Å². The third-order valence-electron chi connectivity index (χ3n) is 1.49. The lowest BCUT2D eigenvalue weighted by Gasteiger charge is -1.90.